The number of amides is 1. The molecule has 1 aliphatic rings. The summed E-state index contributed by atoms with van der Waals surface area (Å²) in [7, 11) is 0. The fourth-order valence-electron chi connectivity index (χ4n) is 2.19. The van der Waals surface area contributed by atoms with Crippen LogP contribution in [-0.2, 0) is 20.9 Å². The van der Waals surface area contributed by atoms with Gasteiger partial charge in [-0.05, 0) is 5.56 Å². The summed E-state index contributed by atoms with van der Waals surface area (Å²) >= 11 is 0. The standard InChI is InChI=1S/C14H19NO5/c1-9(17)15-12-11(7-16)20-14(13(12)18)19-8-10-5-3-2-4-6-10/h2-6,11-14,16,18H,7-8H2,1H3,(H,15,17)/t11-,12-,13-,14+/m1/s1. The number of carbonyl (C=O) groups excluding carboxylic acids is 1. The summed E-state index contributed by atoms with van der Waals surface area (Å²) < 4.78 is 10.9. The van der Waals surface area contributed by atoms with Crippen LogP contribution >= 0.6 is 0 Å². The first-order valence-corrected chi connectivity index (χ1v) is 6.49. The molecule has 1 amide bonds. The number of carbonyl (C=O) groups is 1. The van der Waals surface area contributed by atoms with Gasteiger partial charge in [-0.1, -0.05) is 30.3 Å². The van der Waals surface area contributed by atoms with Gasteiger partial charge in [-0.15, -0.1) is 0 Å². The van der Waals surface area contributed by atoms with E-state index in [0.717, 1.165) is 5.56 Å². The third-order valence-corrected chi connectivity index (χ3v) is 3.16. The van der Waals surface area contributed by atoms with Crippen molar-refractivity contribution in [1.82, 2.24) is 5.32 Å². The van der Waals surface area contributed by atoms with Crippen LogP contribution in [0, 0.1) is 0 Å². The lowest BCUT2D eigenvalue weighted by Gasteiger charge is -2.19. The highest BCUT2D eigenvalue weighted by molar-refractivity contribution is 5.73. The number of hydrogen-bond acceptors (Lipinski definition) is 5. The van der Waals surface area contributed by atoms with Gasteiger partial charge in [0.15, 0.2) is 6.29 Å². The number of rotatable bonds is 5. The highest BCUT2D eigenvalue weighted by Gasteiger charge is 2.44. The van der Waals surface area contributed by atoms with Crippen LogP contribution in [0.2, 0.25) is 0 Å². The molecule has 2 rings (SSSR count). The van der Waals surface area contributed by atoms with Gasteiger partial charge in [0, 0.05) is 6.92 Å². The van der Waals surface area contributed by atoms with Crippen molar-refractivity contribution in [1.29, 1.82) is 0 Å². The van der Waals surface area contributed by atoms with Gasteiger partial charge in [-0.2, -0.15) is 0 Å². The molecule has 1 aromatic rings. The molecule has 0 unspecified atom stereocenters. The highest BCUT2D eigenvalue weighted by atomic mass is 16.7. The fourth-order valence-corrected chi connectivity index (χ4v) is 2.19. The van der Waals surface area contributed by atoms with E-state index in [0.29, 0.717) is 0 Å². The zero-order valence-corrected chi connectivity index (χ0v) is 11.2. The van der Waals surface area contributed by atoms with E-state index in [-0.39, 0.29) is 19.1 Å². The molecule has 6 heteroatoms. The van der Waals surface area contributed by atoms with E-state index >= 15 is 0 Å². The average Bonchev–Trinajstić information content (AvgIpc) is 2.74. The maximum atomic E-state index is 11.1. The molecule has 1 aromatic carbocycles. The Morgan fingerprint density at radius 3 is 2.70 bits per heavy atom. The van der Waals surface area contributed by atoms with Crippen LogP contribution in [0.4, 0.5) is 0 Å². The summed E-state index contributed by atoms with van der Waals surface area (Å²) in [6.45, 7) is 1.33. The number of aliphatic hydroxyl groups is 2. The van der Waals surface area contributed by atoms with E-state index < -0.39 is 24.5 Å². The Balaban J connectivity index is 1.94. The predicted octanol–water partition coefficient (Wildman–Crippen LogP) is -0.214. The van der Waals surface area contributed by atoms with Gasteiger partial charge < -0.3 is 25.0 Å². The van der Waals surface area contributed by atoms with Gasteiger partial charge in [-0.3, -0.25) is 4.79 Å². The Morgan fingerprint density at radius 1 is 1.40 bits per heavy atom. The highest BCUT2D eigenvalue weighted by Crippen LogP contribution is 2.23. The summed E-state index contributed by atoms with van der Waals surface area (Å²) in [5, 5.41) is 21.9. The molecule has 0 saturated carbocycles. The first-order valence-electron chi connectivity index (χ1n) is 6.49. The molecule has 0 radical (unpaired) electrons. The zero-order valence-electron chi connectivity index (χ0n) is 11.2. The van der Waals surface area contributed by atoms with Crippen LogP contribution < -0.4 is 5.32 Å². The Morgan fingerprint density at radius 2 is 2.10 bits per heavy atom. The molecule has 1 saturated heterocycles. The summed E-state index contributed by atoms with van der Waals surface area (Å²) in [6.07, 6.45) is -2.56. The maximum Gasteiger partial charge on any atom is 0.217 e. The number of ether oxygens (including phenoxy) is 2. The quantitative estimate of drug-likeness (QED) is 0.695. The van der Waals surface area contributed by atoms with Crippen molar-refractivity contribution in [3.05, 3.63) is 35.9 Å². The third kappa shape index (κ3) is 3.55. The van der Waals surface area contributed by atoms with Gasteiger partial charge in [0.2, 0.25) is 5.91 Å². The summed E-state index contributed by atoms with van der Waals surface area (Å²) in [6, 6.07) is 8.81. The van der Waals surface area contributed by atoms with Crippen molar-refractivity contribution in [3.63, 3.8) is 0 Å². The SMILES string of the molecule is CC(=O)N[C@H]1[C@@H](O)[C@@H](OCc2ccccc2)O[C@@H]1CO. The minimum absolute atomic E-state index is 0.285. The molecule has 6 nitrogen and oxygen atoms in total. The first kappa shape index (κ1) is 14.9. The first-order chi connectivity index (χ1) is 9.61. The Hall–Kier alpha value is -1.47. The van der Waals surface area contributed by atoms with Crippen LogP contribution in [0.5, 0.6) is 0 Å². The summed E-state index contributed by atoms with van der Waals surface area (Å²) in [4.78, 5) is 11.1. The smallest absolute Gasteiger partial charge is 0.217 e. The normalized spacial score (nSPS) is 29.4. The van der Waals surface area contributed by atoms with E-state index in [4.69, 9.17) is 9.47 Å². The molecule has 1 aliphatic heterocycles. The van der Waals surface area contributed by atoms with Crippen molar-refractivity contribution in [2.75, 3.05) is 6.61 Å². The van der Waals surface area contributed by atoms with Crippen LogP contribution in [0.15, 0.2) is 30.3 Å². The Kier molecular flexibility index (Phi) is 5.08. The second kappa shape index (κ2) is 6.81. The molecule has 110 valence electrons. The summed E-state index contributed by atoms with van der Waals surface area (Å²) in [5.41, 5.74) is 0.951. The molecule has 0 bridgehead atoms. The molecule has 3 N–H and O–H groups in total. The monoisotopic (exact) mass is 281 g/mol. The molecule has 0 aromatic heterocycles. The largest absolute Gasteiger partial charge is 0.394 e. The van der Waals surface area contributed by atoms with Gasteiger partial charge in [0.25, 0.3) is 0 Å². The topological polar surface area (TPSA) is 88.0 Å². The molecular formula is C14H19NO5. The minimum Gasteiger partial charge on any atom is -0.394 e. The Bertz CT molecular complexity index is 438. The lowest BCUT2D eigenvalue weighted by atomic mass is 10.1. The van der Waals surface area contributed by atoms with E-state index in [1.807, 2.05) is 30.3 Å². The van der Waals surface area contributed by atoms with Gasteiger partial charge in [-0.25, -0.2) is 0 Å². The Labute approximate surface area is 117 Å². The van der Waals surface area contributed by atoms with E-state index in [9.17, 15) is 15.0 Å². The maximum absolute atomic E-state index is 11.1. The van der Waals surface area contributed by atoms with E-state index in [1.165, 1.54) is 6.92 Å². The summed E-state index contributed by atoms with van der Waals surface area (Å²) in [5.74, 6) is -0.292. The molecule has 1 heterocycles. The van der Waals surface area contributed by atoms with Crippen molar-refractivity contribution in [2.45, 2.75) is 38.1 Å². The molecule has 0 aliphatic carbocycles. The second-order valence-corrected chi connectivity index (χ2v) is 4.74. The second-order valence-electron chi connectivity index (χ2n) is 4.74. The number of hydrogen-bond donors (Lipinski definition) is 3. The molecule has 4 atom stereocenters. The van der Waals surface area contributed by atoms with Crippen LogP contribution in [0.25, 0.3) is 0 Å². The lowest BCUT2D eigenvalue weighted by molar-refractivity contribution is -0.175. The minimum atomic E-state index is -1.01. The number of benzene rings is 1. The van der Waals surface area contributed by atoms with Gasteiger partial charge in [0.05, 0.1) is 19.3 Å². The lowest BCUT2D eigenvalue weighted by Crippen LogP contribution is -2.48. The molecular weight excluding hydrogens is 262 g/mol. The number of aliphatic hydroxyl groups excluding tert-OH is 2. The van der Waals surface area contributed by atoms with Crippen LogP contribution in [-0.4, -0.2) is 47.3 Å². The molecule has 0 spiro atoms. The van der Waals surface area contributed by atoms with E-state index in [1.54, 1.807) is 0 Å². The van der Waals surface area contributed by atoms with Crippen molar-refractivity contribution < 1.29 is 24.5 Å². The van der Waals surface area contributed by atoms with Crippen LogP contribution in [0.1, 0.15) is 12.5 Å². The van der Waals surface area contributed by atoms with Crippen LogP contribution in [0.3, 0.4) is 0 Å². The predicted molar refractivity (Wildman–Crippen MR) is 70.6 cm³/mol. The van der Waals surface area contributed by atoms with Crippen molar-refractivity contribution >= 4 is 5.91 Å². The van der Waals surface area contributed by atoms with Gasteiger partial charge in [0.1, 0.15) is 12.2 Å². The molecule has 20 heavy (non-hydrogen) atoms. The van der Waals surface area contributed by atoms with E-state index in [2.05, 4.69) is 5.32 Å². The number of nitrogens with one attached hydrogen (secondary N) is 1. The molecule has 1 fully saturated rings. The van der Waals surface area contributed by atoms with Gasteiger partial charge >= 0.3 is 0 Å². The fraction of sp³-hybridized carbons (Fsp3) is 0.500. The average molecular weight is 281 g/mol. The zero-order chi connectivity index (χ0) is 14.5. The van der Waals surface area contributed by atoms with Crippen molar-refractivity contribution in [3.8, 4) is 0 Å². The van der Waals surface area contributed by atoms with Crippen molar-refractivity contribution in [2.24, 2.45) is 0 Å². The third-order valence-electron chi connectivity index (χ3n) is 3.16.